The normalized spacial score (nSPS) is 20.8. The number of carbonyl (C=O) groups excluding carboxylic acids is 2. The molecule has 2 atom stereocenters. The fourth-order valence-corrected chi connectivity index (χ4v) is 3.85. The highest BCUT2D eigenvalue weighted by Gasteiger charge is 2.39. The van der Waals surface area contributed by atoms with Crippen molar-refractivity contribution in [3.05, 3.63) is 59.7 Å². The number of fused-ring (bicyclic) bond motifs is 2. The standard InChI is InChI=1S/C21H20N2O5/c1-13-20(25)23(16-8-4-5-9-17(16)28-13)12-18(24)22-11-10-14-6-2-3-7-15(14)19(22)21(26)27/h2-9,13,19H,10-12H2,1H3,(H,26,27). The first-order valence-corrected chi connectivity index (χ1v) is 9.14. The van der Waals surface area contributed by atoms with Gasteiger partial charge >= 0.3 is 5.97 Å². The van der Waals surface area contributed by atoms with Crippen molar-refractivity contribution in [2.45, 2.75) is 25.5 Å². The van der Waals surface area contributed by atoms with Crippen molar-refractivity contribution < 1.29 is 24.2 Å². The molecular formula is C21H20N2O5. The number of carboxylic acid groups (broad SMARTS) is 1. The van der Waals surface area contributed by atoms with Crippen LogP contribution in [0.3, 0.4) is 0 Å². The Kier molecular flexibility index (Phi) is 4.50. The van der Waals surface area contributed by atoms with E-state index in [0.717, 1.165) is 5.56 Å². The minimum atomic E-state index is -1.08. The van der Waals surface area contributed by atoms with Crippen molar-refractivity contribution in [2.24, 2.45) is 0 Å². The lowest BCUT2D eigenvalue weighted by molar-refractivity contribution is -0.150. The van der Waals surface area contributed by atoms with Crippen LogP contribution in [0, 0.1) is 0 Å². The molecule has 0 saturated carbocycles. The second-order valence-electron chi connectivity index (χ2n) is 6.93. The van der Waals surface area contributed by atoms with Gasteiger partial charge < -0.3 is 14.7 Å². The second-order valence-corrected chi connectivity index (χ2v) is 6.93. The predicted octanol–water partition coefficient (Wildman–Crippen LogP) is 2.01. The first kappa shape index (κ1) is 18.0. The van der Waals surface area contributed by atoms with Gasteiger partial charge in [-0.05, 0) is 36.6 Å². The van der Waals surface area contributed by atoms with Crippen LogP contribution in [0.2, 0.25) is 0 Å². The zero-order valence-electron chi connectivity index (χ0n) is 15.4. The summed E-state index contributed by atoms with van der Waals surface area (Å²) in [5, 5.41) is 9.77. The highest BCUT2D eigenvalue weighted by atomic mass is 16.5. The molecule has 0 spiro atoms. The largest absolute Gasteiger partial charge is 0.479 e. The number of nitrogens with zero attached hydrogens (tertiary/aromatic N) is 2. The van der Waals surface area contributed by atoms with Crippen molar-refractivity contribution in [3.63, 3.8) is 0 Å². The van der Waals surface area contributed by atoms with E-state index in [1.54, 1.807) is 43.3 Å². The average molecular weight is 380 g/mol. The topological polar surface area (TPSA) is 87.2 Å². The lowest BCUT2D eigenvalue weighted by atomic mass is 9.92. The summed E-state index contributed by atoms with van der Waals surface area (Å²) in [4.78, 5) is 40.4. The molecule has 0 aliphatic carbocycles. The summed E-state index contributed by atoms with van der Waals surface area (Å²) >= 11 is 0. The summed E-state index contributed by atoms with van der Waals surface area (Å²) in [6.45, 7) is 1.70. The third-order valence-corrected chi connectivity index (χ3v) is 5.20. The number of benzene rings is 2. The van der Waals surface area contributed by atoms with Gasteiger partial charge in [0, 0.05) is 6.54 Å². The smallest absolute Gasteiger partial charge is 0.331 e. The van der Waals surface area contributed by atoms with Gasteiger partial charge in [0.15, 0.2) is 12.1 Å². The van der Waals surface area contributed by atoms with Crippen LogP contribution < -0.4 is 9.64 Å². The molecule has 28 heavy (non-hydrogen) atoms. The first-order chi connectivity index (χ1) is 13.5. The predicted molar refractivity (Wildman–Crippen MR) is 101 cm³/mol. The van der Waals surface area contributed by atoms with E-state index in [9.17, 15) is 19.5 Å². The molecule has 2 heterocycles. The van der Waals surface area contributed by atoms with Gasteiger partial charge in [0.25, 0.3) is 5.91 Å². The molecule has 7 nitrogen and oxygen atoms in total. The Bertz CT molecular complexity index is 957. The van der Waals surface area contributed by atoms with Crippen LogP contribution in [0.5, 0.6) is 5.75 Å². The maximum atomic E-state index is 13.1. The van der Waals surface area contributed by atoms with Crippen LogP contribution in [0.25, 0.3) is 0 Å². The van der Waals surface area contributed by atoms with Gasteiger partial charge in [-0.1, -0.05) is 36.4 Å². The molecule has 0 bridgehead atoms. The monoisotopic (exact) mass is 380 g/mol. The minimum absolute atomic E-state index is 0.227. The van der Waals surface area contributed by atoms with E-state index < -0.39 is 24.0 Å². The summed E-state index contributed by atoms with van der Waals surface area (Å²) < 4.78 is 5.60. The maximum Gasteiger partial charge on any atom is 0.331 e. The van der Waals surface area contributed by atoms with Gasteiger partial charge in [0.05, 0.1) is 5.69 Å². The van der Waals surface area contributed by atoms with E-state index >= 15 is 0 Å². The zero-order chi connectivity index (χ0) is 19.8. The van der Waals surface area contributed by atoms with Crippen LogP contribution in [-0.2, 0) is 20.8 Å². The van der Waals surface area contributed by atoms with Crippen molar-refractivity contribution in [3.8, 4) is 5.75 Å². The SMILES string of the molecule is CC1Oc2ccccc2N(CC(=O)N2CCc3ccccc3C2C(=O)O)C1=O. The molecule has 2 aromatic carbocycles. The summed E-state index contributed by atoms with van der Waals surface area (Å²) in [6, 6.07) is 13.2. The van der Waals surface area contributed by atoms with E-state index in [0.29, 0.717) is 30.0 Å². The Morgan fingerprint density at radius 2 is 1.86 bits per heavy atom. The number of anilines is 1. The fraction of sp³-hybridized carbons (Fsp3) is 0.286. The lowest BCUT2D eigenvalue weighted by Gasteiger charge is -2.37. The van der Waals surface area contributed by atoms with Gasteiger partial charge in [0.2, 0.25) is 5.91 Å². The molecule has 2 aliphatic heterocycles. The zero-order valence-corrected chi connectivity index (χ0v) is 15.4. The number of hydrogen-bond acceptors (Lipinski definition) is 4. The Balaban J connectivity index is 1.63. The van der Waals surface area contributed by atoms with E-state index in [4.69, 9.17) is 4.74 Å². The Morgan fingerprint density at radius 1 is 1.14 bits per heavy atom. The van der Waals surface area contributed by atoms with Gasteiger partial charge in [-0.2, -0.15) is 0 Å². The molecule has 0 radical (unpaired) electrons. The number of hydrogen-bond donors (Lipinski definition) is 1. The Morgan fingerprint density at radius 3 is 2.64 bits per heavy atom. The molecule has 2 unspecified atom stereocenters. The molecule has 4 rings (SSSR count). The van der Waals surface area contributed by atoms with E-state index in [2.05, 4.69) is 0 Å². The molecule has 0 saturated heterocycles. The van der Waals surface area contributed by atoms with Crippen LogP contribution in [0.4, 0.5) is 5.69 Å². The summed E-state index contributed by atoms with van der Waals surface area (Å²) in [6.07, 6.45) is -0.129. The van der Waals surface area contributed by atoms with Crippen LogP contribution in [-0.4, -0.2) is 47.0 Å². The van der Waals surface area contributed by atoms with Gasteiger partial charge in [0.1, 0.15) is 12.3 Å². The average Bonchev–Trinajstić information content (AvgIpc) is 2.70. The van der Waals surface area contributed by atoms with E-state index in [1.165, 1.54) is 9.80 Å². The number of carbonyl (C=O) groups is 3. The third kappa shape index (κ3) is 2.98. The first-order valence-electron chi connectivity index (χ1n) is 9.14. The summed E-state index contributed by atoms with van der Waals surface area (Å²) in [5.41, 5.74) is 2.07. The Labute approximate surface area is 162 Å². The van der Waals surface area contributed by atoms with Crippen LogP contribution in [0.15, 0.2) is 48.5 Å². The van der Waals surface area contributed by atoms with Crippen molar-refractivity contribution in [1.82, 2.24) is 4.90 Å². The van der Waals surface area contributed by atoms with Crippen LogP contribution in [0.1, 0.15) is 24.1 Å². The molecular weight excluding hydrogens is 360 g/mol. The fourth-order valence-electron chi connectivity index (χ4n) is 3.85. The van der Waals surface area contributed by atoms with Gasteiger partial charge in [-0.15, -0.1) is 0 Å². The number of carboxylic acids is 1. The number of amides is 2. The maximum absolute atomic E-state index is 13.1. The number of ether oxygens (including phenoxy) is 1. The molecule has 2 aliphatic rings. The second kappa shape index (κ2) is 6.99. The molecule has 0 fully saturated rings. The number of aliphatic carboxylic acids is 1. The molecule has 7 heteroatoms. The highest BCUT2D eigenvalue weighted by molar-refractivity contribution is 6.04. The minimum Gasteiger partial charge on any atom is -0.479 e. The Hall–Kier alpha value is -3.35. The van der Waals surface area contributed by atoms with E-state index in [-0.39, 0.29) is 12.5 Å². The summed E-state index contributed by atoms with van der Waals surface area (Å²) in [7, 11) is 0. The van der Waals surface area contributed by atoms with E-state index in [1.807, 2.05) is 12.1 Å². The van der Waals surface area contributed by atoms with Crippen molar-refractivity contribution in [2.75, 3.05) is 18.0 Å². The number of para-hydroxylation sites is 2. The molecule has 1 N–H and O–H groups in total. The molecule has 2 aromatic rings. The quantitative estimate of drug-likeness (QED) is 0.880. The molecule has 144 valence electrons. The third-order valence-electron chi connectivity index (χ3n) is 5.20. The van der Waals surface area contributed by atoms with Crippen molar-refractivity contribution >= 4 is 23.5 Å². The van der Waals surface area contributed by atoms with Crippen LogP contribution >= 0.6 is 0 Å². The lowest BCUT2D eigenvalue weighted by Crippen LogP contribution is -2.52. The molecule has 0 aromatic heterocycles. The highest BCUT2D eigenvalue weighted by Crippen LogP contribution is 2.35. The van der Waals surface area contributed by atoms with Gasteiger partial charge in [-0.25, -0.2) is 4.79 Å². The number of rotatable bonds is 3. The molecule has 2 amide bonds. The van der Waals surface area contributed by atoms with Crippen molar-refractivity contribution in [1.29, 1.82) is 0 Å². The summed E-state index contributed by atoms with van der Waals surface area (Å²) in [5.74, 6) is -1.28. The van der Waals surface area contributed by atoms with Gasteiger partial charge in [-0.3, -0.25) is 14.5 Å².